The van der Waals surface area contributed by atoms with E-state index < -0.39 is 23.8 Å². The van der Waals surface area contributed by atoms with E-state index in [1.54, 1.807) is 0 Å². The molecule has 132 valence electrons. The Bertz CT molecular complexity index is 421. The molecule has 4 fully saturated rings. The van der Waals surface area contributed by atoms with Crippen LogP contribution in [0.4, 0.5) is 4.79 Å². The lowest BCUT2D eigenvalue weighted by Crippen LogP contribution is -2.62. The number of nitrogens with one attached hydrogen (secondary N) is 1. The summed E-state index contributed by atoms with van der Waals surface area (Å²) in [7, 11) is 0. The minimum absolute atomic E-state index is 0.0756. The molecule has 0 aromatic heterocycles. The maximum Gasteiger partial charge on any atom is 0.407 e. The summed E-state index contributed by atoms with van der Waals surface area (Å²) in [5.74, 6) is 2.15. The Labute approximate surface area is 138 Å². The van der Waals surface area contributed by atoms with Crippen LogP contribution in [0.15, 0.2) is 0 Å². The quantitative estimate of drug-likeness (QED) is 0.742. The summed E-state index contributed by atoms with van der Waals surface area (Å²) in [5.41, 5.74) is -0.645. The normalized spacial score (nSPS) is 38.2. The highest BCUT2D eigenvalue weighted by Crippen LogP contribution is 2.61. The second-order valence-electron chi connectivity index (χ2n) is 9.15. The monoisotopic (exact) mass is 325 g/mol. The predicted octanol–water partition coefficient (Wildman–Crippen LogP) is 2.45. The van der Waals surface area contributed by atoms with Crippen molar-refractivity contribution in [1.82, 2.24) is 5.32 Å². The number of rotatable bonds is 4. The van der Waals surface area contributed by atoms with Gasteiger partial charge in [0.15, 0.2) is 0 Å². The molecule has 5 heteroatoms. The third-order valence-corrected chi connectivity index (χ3v) is 5.99. The Morgan fingerprint density at radius 3 is 2.04 bits per heavy atom. The van der Waals surface area contributed by atoms with Crippen LogP contribution in [0.3, 0.4) is 0 Å². The SMILES string of the molecule is CC(C)(C)OC(=O)N[C@H]([C@H](O)CO)C12CC3CC(CC(C3)C1)C2. The van der Waals surface area contributed by atoms with Gasteiger partial charge in [0.2, 0.25) is 0 Å². The van der Waals surface area contributed by atoms with E-state index in [-0.39, 0.29) is 12.0 Å². The molecule has 2 atom stereocenters. The highest BCUT2D eigenvalue weighted by Gasteiger charge is 2.56. The molecule has 0 aromatic rings. The van der Waals surface area contributed by atoms with Crippen LogP contribution in [0.25, 0.3) is 0 Å². The summed E-state index contributed by atoms with van der Waals surface area (Å²) in [4.78, 5) is 12.3. The van der Waals surface area contributed by atoms with Crippen molar-refractivity contribution < 1.29 is 19.7 Å². The van der Waals surface area contributed by atoms with Crippen molar-refractivity contribution in [2.75, 3.05) is 6.61 Å². The molecule has 4 bridgehead atoms. The molecule has 4 saturated carbocycles. The van der Waals surface area contributed by atoms with Gasteiger partial charge >= 0.3 is 6.09 Å². The molecule has 4 aliphatic carbocycles. The molecule has 0 unspecified atom stereocenters. The van der Waals surface area contributed by atoms with Crippen molar-refractivity contribution in [1.29, 1.82) is 0 Å². The zero-order valence-electron chi connectivity index (χ0n) is 14.5. The Morgan fingerprint density at radius 1 is 1.17 bits per heavy atom. The van der Waals surface area contributed by atoms with Crippen LogP contribution in [-0.4, -0.2) is 40.7 Å². The average Bonchev–Trinajstić information content (AvgIpc) is 2.40. The topological polar surface area (TPSA) is 78.8 Å². The molecule has 1 amide bonds. The molecule has 4 rings (SSSR count). The maximum atomic E-state index is 12.3. The van der Waals surface area contributed by atoms with Crippen molar-refractivity contribution >= 4 is 6.09 Å². The van der Waals surface area contributed by atoms with Gasteiger partial charge in [0, 0.05) is 0 Å². The van der Waals surface area contributed by atoms with Gasteiger partial charge in [-0.15, -0.1) is 0 Å². The van der Waals surface area contributed by atoms with E-state index >= 15 is 0 Å². The van der Waals surface area contributed by atoms with E-state index in [4.69, 9.17) is 4.74 Å². The van der Waals surface area contributed by atoms with Gasteiger partial charge in [-0.1, -0.05) is 0 Å². The Hall–Kier alpha value is -0.810. The van der Waals surface area contributed by atoms with Gasteiger partial charge in [0.1, 0.15) is 5.60 Å². The highest BCUT2D eigenvalue weighted by atomic mass is 16.6. The van der Waals surface area contributed by atoms with Crippen molar-refractivity contribution in [2.45, 2.75) is 77.0 Å². The molecular formula is C18H31NO4. The number of ether oxygens (including phenoxy) is 1. The van der Waals surface area contributed by atoms with Gasteiger partial charge in [-0.3, -0.25) is 0 Å². The lowest BCUT2D eigenvalue weighted by atomic mass is 9.47. The van der Waals surface area contributed by atoms with Crippen LogP contribution in [0.2, 0.25) is 0 Å². The van der Waals surface area contributed by atoms with E-state index in [1.165, 1.54) is 19.3 Å². The average molecular weight is 325 g/mol. The Kier molecular flexibility index (Phi) is 4.38. The lowest BCUT2D eigenvalue weighted by Gasteiger charge is -2.60. The van der Waals surface area contributed by atoms with Crippen molar-refractivity contribution in [2.24, 2.45) is 23.2 Å². The second kappa shape index (κ2) is 5.92. The van der Waals surface area contributed by atoms with Crippen molar-refractivity contribution in [3.8, 4) is 0 Å². The van der Waals surface area contributed by atoms with Gasteiger partial charge in [0.25, 0.3) is 0 Å². The molecule has 0 saturated heterocycles. The fraction of sp³-hybridized carbons (Fsp3) is 0.944. The predicted molar refractivity (Wildman–Crippen MR) is 86.9 cm³/mol. The van der Waals surface area contributed by atoms with E-state index in [9.17, 15) is 15.0 Å². The number of aliphatic hydroxyl groups excluding tert-OH is 2. The first-order valence-electron chi connectivity index (χ1n) is 8.99. The van der Waals surface area contributed by atoms with Gasteiger partial charge in [0.05, 0.1) is 18.8 Å². The fourth-order valence-corrected chi connectivity index (χ4v) is 5.76. The first-order valence-corrected chi connectivity index (χ1v) is 8.99. The smallest absolute Gasteiger partial charge is 0.407 e. The van der Waals surface area contributed by atoms with Crippen LogP contribution in [-0.2, 0) is 4.74 Å². The van der Waals surface area contributed by atoms with Crippen LogP contribution >= 0.6 is 0 Å². The van der Waals surface area contributed by atoms with Crippen molar-refractivity contribution in [3.05, 3.63) is 0 Å². The first-order chi connectivity index (χ1) is 10.7. The standard InChI is InChI=1S/C18H31NO4/c1-17(2,3)23-16(22)19-15(14(21)10-20)18-7-11-4-12(8-18)6-13(5-11)9-18/h11-15,20-21H,4-10H2,1-3H3,(H,19,22)/t11?,12?,13?,14-,15-,18?/m1/s1. The number of carbonyl (C=O) groups is 1. The van der Waals surface area contributed by atoms with Gasteiger partial charge in [-0.25, -0.2) is 4.79 Å². The number of hydrogen-bond acceptors (Lipinski definition) is 4. The summed E-state index contributed by atoms with van der Waals surface area (Å²) in [5, 5.41) is 22.8. The first kappa shape index (κ1) is 17.0. The molecule has 0 radical (unpaired) electrons. The fourth-order valence-electron chi connectivity index (χ4n) is 5.76. The molecule has 5 nitrogen and oxygen atoms in total. The molecular weight excluding hydrogens is 294 g/mol. The van der Waals surface area contributed by atoms with Crippen LogP contribution in [0, 0.1) is 23.2 Å². The summed E-state index contributed by atoms with van der Waals surface area (Å²) in [6.45, 7) is 5.15. The molecule has 0 spiro atoms. The number of carbonyl (C=O) groups excluding carboxylic acids is 1. The van der Waals surface area contributed by atoms with Crippen molar-refractivity contribution in [3.63, 3.8) is 0 Å². The number of amides is 1. The number of alkyl carbamates (subject to hydrolysis) is 1. The molecule has 0 aromatic carbocycles. The Balaban J connectivity index is 1.78. The van der Waals surface area contributed by atoms with E-state index in [1.807, 2.05) is 20.8 Å². The molecule has 3 N–H and O–H groups in total. The van der Waals surface area contributed by atoms with Gasteiger partial charge in [-0.05, 0) is 82.5 Å². The summed E-state index contributed by atoms with van der Waals surface area (Å²) in [6, 6.07) is -0.421. The molecule has 0 aliphatic heterocycles. The zero-order valence-corrected chi connectivity index (χ0v) is 14.5. The van der Waals surface area contributed by atoms with Crippen LogP contribution < -0.4 is 5.32 Å². The molecule has 0 heterocycles. The minimum Gasteiger partial charge on any atom is -0.444 e. The third-order valence-electron chi connectivity index (χ3n) is 5.99. The maximum absolute atomic E-state index is 12.3. The largest absolute Gasteiger partial charge is 0.444 e. The summed E-state index contributed by atoms with van der Waals surface area (Å²) in [6.07, 6.45) is 5.63. The zero-order chi connectivity index (χ0) is 16.8. The van der Waals surface area contributed by atoms with Gasteiger partial charge in [-0.2, -0.15) is 0 Å². The molecule has 4 aliphatic rings. The molecule has 23 heavy (non-hydrogen) atoms. The van der Waals surface area contributed by atoms with E-state index in [0.29, 0.717) is 0 Å². The Morgan fingerprint density at radius 2 is 1.65 bits per heavy atom. The summed E-state index contributed by atoms with van der Waals surface area (Å²) < 4.78 is 5.38. The highest BCUT2D eigenvalue weighted by molar-refractivity contribution is 5.68. The summed E-state index contributed by atoms with van der Waals surface area (Å²) >= 11 is 0. The van der Waals surface area contributed by atoms with Gasteiger partial charge < -0.3 is 20.3 Å². The van der Waals surface area contributed by atoms with Crippen LogP contribution in [0.5, 0.6) is 0 Å². The number of aliphatic hydroxyl groups is 2. The third kappa shape index (κ3) is 3.50. The van der Waals surface area contributed by atoms with E-state index in [2.05, 4.69) is 5.32 Å². The van der Waals surface area contributed by atoms with Crippen LogP contribution in [0.1, 0.15) is 59.3 Å². The second-order valence-corrected chi connectivity index (χ2v) is 9.15. The minimum atomic E-state index is -0.932. The lowest BCUT2D eigenvalue weighted by molar-refractivity contribution is -0.104. The number of hydrogen-bond donors (Lipinski definition) is 3. The van der Waals surface area contributed by atoms with E-state index in [0.717, 1.165) is 37.0 Å².